The molecule has 0 amide bonds. The van der Waals surface area contributed by atoms with Gasteiger partial charge in [0, 0.05) is 6.54 Å². The standard InChI is InChI=1S/C14H16FNO2/c1-16-6-2-5-14(9-16)8-12(17)11-7-10(15)3-4-13(11)18-14/h3-4,7H,2,5-6,8-9H2,1H3. The molecule has 2 heterocycles. The summed E-state index contributed by atoms with van der Waals surface area (Å²) in [5.74, 6) is 0.136. The maximum atomic E-state index is 13.1. The minimum Gasteiger partial charge on any atom is -0.485 e. The number of hydrogen-bond acceptors (Lipinski definition) is 3. The molecule has 1 aromatic carbocycles. The molecule has 1 unspecified atom stereocenters. The number of ketones is 1. The van der Waals surface area contributed by atoms with E-state index in [4.69, 9.17) is 4.74 Å². The number of fused-ring (bicyclic) bond motifs is 1. The largest absolute Gasteiger partial charge is 0.485 e. The quantitative estimate of drug-likeness (QED) is 0.706. The molecule has 4 heteroatoms. The van der Waals surface area contributed by atoms with Crippen LogP contribution in [0.1, 0.15) is 29.6 Å². The second-order valence-electron chi connectivity index (χ2n) is 5.37. The molecule has 0 aromatic heterocycles. The average Bonchev–Trinajstić information content (AvgIpc) is 2.30. The molecule has 1 spiro atoms. The Kier molecular flexibility index (Phi) is 2.63. The van der Waals surface area contributed by atoms with Gasteiger partial charge in [0.05, 0.1) is 12.0 Å². The van der Waals surface area contributed by atoms with Crippen LogP contribution in [-0.2, 0) is 0 Å². The lowest BCUT2D eigenvalue weighted by atomic mass is 9.84. The van der Waals surface area contributed by atoms with E-state index in [2.05, 4.69) is 4.90 Å². The fourth-order valence-corrected chi connectivity index (χ4v) is 3.02. The van der Waals surface area contributed by atoms with E-state index in [0.717, 1.165) is 25.9 Å². The van der Waals surface area contributed by atoms with E-state index >= 15 is 0 Å². The number of piperidine rings is 1. The third-order valence-electron chi connectivity index (χ3n) is 3.78. The monoisotopic (exact) mass is 249 g/mol. The molecule has 1 fully saturated rings. The van der Waals surface area contributed by atoms with Gasteiger partial charge in [-0.05, 0) is 44.6 Å². The van der Waals surface area contributed by atoms with E-state index < -0.39 is 5.60 Å². The molecule has 0 radical (unpaired) electrons. The van der Waals surface area contributed by atoms with E-state index in [0.29, 0.717) is 17.7 Å². The second-order valence-corrected chi connectivity index (χ2v) is 5.37. The van der Waals surface area contributed by atoms with Crippen LogP contribution in [-0.4, -0.2) is 36.4 Å². The van der Waals surface area contributed by atoms with E-state index in [1.54, 1.807) is 6.07 Å². The van der Waals surface area contributed by atoms with Gasteiger partial charge in [-0.25, -0.2) is 4.39 Å². The van der Waals surface area contributed by atoms with E-state index in [1.807, 2.05) is 7.05 Å². The number of carbonyl (C=O) groups excluding carboxylic acids is 1. The highest BCUT2D eigenvalue weighted by Crippen LogP contribution is 2.38. The van der Waals surface area contributed by atoms with Crippen LogP contribution in [0, 0.1) is 5.82 Å². The Morgan fingerprint density at radius 2 is 2.28 bits per heavy atom. The molecule has 0 bridgehead atoms. The Bertz CT molecular complexity index is 503. The maximum Gasteiger partial charge on any atom is 0.170 e. The van der Waals surface area contributed by atoms with Crippen LogP contribution < -0.4 is 4.74 Å². The number of ether oxygens (including phenoxy) is 1. The molecule has 1 saturated heterocycles. The molecular weight excluding hydrogens is 233 g/mol. The van der Waals surface area contributed by atoms with Crippen molar-refractivity contribution < 1.29 is 13.9 Å². The smallest absolute Gasteiger partial charge is 0.170 e. The van der Waals surface area contributed by atoms with Gasteiger partial charge in [-0.15, -0.1) is 0 Å². The number of likely N-dealkylation sites (tertiary alicyclic amines) is 1. The number of rotatable bonds is 0. The molecule has 2 aliphatic heterocycles. The lowest BCUT2D eigenvalue weighted by molar-refractivity contribution is -0.0105. The summed E-state index contributed by atoms with van der Waals surface area (Å²) in [5, 5.41) is 0. The maximum absolute atomic E-state index is 13.1. The fourth-order valence-electron chi connectivity index (χ4n) is 3.02. The number of hydrogen-bond donors (Lipinski definition) is 0. The van der Waals surface area contributed by atoms with Crippen molar-refractivity contribution in [2.45, 2.75) is 24.9 Å². The third kappa shape index (κ3) is 1.90. The van der Waals surface area contributed by atoms with Gasteiger partial charge in [-0.2, -0.15) is 0 Å². The van der Waals surface area contributed by atoms with Crippen molar-refractivity contribution >= 4 is 5.78 Å². The Labute approximate surface area is 106 Å². The van der Waals surface area contributed by atoms with Crippen LogP contribution in [0.5, 0.6) is 5.75 Å². The van der Waals surface area contributed by atoms with E-state index in [1.165, 1.54) is 12.1 Å². The highest BCUT2D eigenvalue weighted by atomic mass is 19.1. The van der Waals surface area contributed by atoms with Crippen molar-refractivity contribution in [3.63, 3.8) is 0 Å². The zero-order chi connectivity index (χ0) is 12.8. The van der Waals surface area contributed by atoms with Gasteiger partial charge >= 0.3 is 0 Å². The first-order chi connectivity index (χ1) is 8.58. The second kappa shape index (κ2) is 4.05. The van der Waals surface area contributed by atoms with Gasteiger partial charge < -0.3 is 9.64 Å². The highest BCUT2D eigenvalue weighted by molar-refractivity contribution is 6.00. The summed E-state index contributed by atoms with van der Waals surface area (Å²) in [7, 11) is 2.04. The van der Waals surface area contributed by atoms with Crippen LogP contribution in [0.4, 0.5) is 4.39 Å². The number of benzene rings is 1. The van der Waals surface area contributed by atoms with Crippen molar-refractivity contribution in [2.24, 2.45) is 0 Å². The molecular formula is C14H16FNO2. The van der Waals surface area contributed by atoms with Gasteiger partial charge in [0.15, 0.2) is 5.78 Å². The summed E-state index contributed by atoms with van der Waals surface area (Å²) < 4.78 is 19.2. The van der Waals surface area contributed by atoms with Crippen molar-refractivity contribution in [2.75, 3.05) is 20.1 Å². The molecule has 1 aromatic rings. The molecule has 96 valence electrons. The third-order valence-corrected chi connectivity index (χ3v) is 3.78. The molecule has 3 rings (SSSR count). The van der Waals surface area contributed by atoms with Crippen LogP contribution >= 0.6 is 0 Å². The molecule has 18 heavy (non-hydrogen) atoms. The van der Waals surface area contributed by atoms with Gasteiger partial charge in [0.25, 0.3) is 0 Å². The predicted octanol–water partition coefficient (Wildman–Crippen LogP) is 2.26. The van der Waals surface area contributed by atoms with Crippen LogP contribution in [0.2, 0.25) is 0 Å². The summed E-state index contributed by atoms with van der Waals surface area (Å²) >= 11 is 0. The van der Waals surface area contributed by atoms with Crippen molar-refractivity contribution in [1.29, 1.82) is 0 Å². The lowest BCUT2D eigenvalue weighted by Crippen LogP contribution is -2.53. The SMILES string of the molecule is CN1CCCC2(CC(=O)c3cc(F)ccc3O2)C1. The summed E-state index contributed by atoms with van der Waals surface area (Å²) in [5.41, 5.74) is -0.0246. The summed E-state index contributed by atoms with van der Waals surface area (Å²) in [6.07, 6.45) is 2.27. The van der Waals surface area contributed by atoms with Crippen molar-refractivity contribution in [1.82, 2.24) is 4.90 Å². The molecule has 0 aliphatic carbocycles. The number of carbonyl (C=O) groups is 1. The normalized spacial score (nSPS) is 28.0. The Hall–Kier alpha value is -1.42. The summed E-state index contributed by atoms with van der Waals surface area (Å²) in [6, 6.07) is 4.19. The lowest BCUT2D eigenvalue weighted by Gasteiger charge is -2.43. The Balaban J connectivity index is 1.96. The van der Waals surface area contributed by atoms with E-state index in [-0.39, 0.29) is 11.6 Å². The number of likely N-dealkylation sites (N-methyl/N-ethyl adjacent to an activating group) is 1. The van der Waals surface area contributed by atoms with Gasteiger partial charge in [-0.1, -0.05) is 0 Å². The minimum atomic E-state index is -0.408. The fraction of sp³-hybridized carbons (Fsp3) is 0.500. The van der Waals surface area contributed by atoms with Crippen molar-refractivity contribution in [3.8, 4) is 5.75 Å². The zero-order valence-electron chi connectivity index (χ0n) is 10.4. The Morgan fingerprint density at radius 1 is 1.44 bits per heavy atom. The van der Waals surface area contributed by atoms with Crippen LogP contribution in [0.25, 0.3) is 0 Å². The van der Waals surface area contributed by atoms with Gasteiger partial charge in [-0.3, -0.25) is 4.79 Å². The molecule has 2 aliphatic rings. The molecule has 0 saturated carbocycles. The van der Waals surface area contributed by atoms with Crippen LogP contribution in [0.15, 0.2) is 18.2 Å². The summed E-state index contributed by atoms with van der Waals surface area (Å²) in [6.45, 7) is 1.80. The topological polar surface area (TPSA) is 29.5 Å². The highest BCUT2D eigenvalue weighted by Gasteiger charge is 2.42. The van der Waals surface area contributed by atoms with Crippen molar-refractivity contribution in [3.05, 3.63) is 29.6 Å². The first kappa shape index (κ1) is 11.7. The minimum absolute atomic E-state index is 0.00829. The molecule has 0 N–H and O–H groups in total. The first-order valence-corrected chi connectivity index (χ1v) is 6.28. The first-order valence-electron chi connectivity index (χ1n) is 6.28. The summed E-state index contributed by atoms with van der Waals surface area (Å²) in [4.78, 5) is 14.3. The Morgan fingerprint density at radius 3 is 3.06 bits per heavy atom. The number of nitrogens with zero attached hydrogens (tertiary/aromatic N) is 1. The van der Waals surface area contributed by atoms with E-state index in [9.17, 15) is 9.18 Å². The molecule has 1 atom stereocenters. The van der Waals surface area contributed by atoms with Gasteiger partial charge in [0.2, 0.25) is 0 Å². The predicted molar refractivity (Wildman–Crippen MR) is 65.4 cm³/mol. The number of Topliss-reactive ketones (excluding diaryl/α,β-unsaturated/α-hetero) is 1. The number of halogens is 1. The van der Waals surface area contributed by atoms with Gasteiger partial charge in [0.1, 0.15) is 17.2 Å². The zero-order valence-corrected chi connectivity index (χ0v) is 10.4. The molecule has 3 nitrogen and oxygen atoms in total. The van der Waals surface area contributed by atoms with Crippen LogP contribution in [0.3, 0.4) is 0 Å². The average molecular weight is 249 g/mol.